The second kappa shape index (κ2) is 8.51. The zero-order valence-corrected chi connectivity index (χ0v) is 19.6. The van der Waals surface area contributed by atoms with Crippen molar-refractivity contribution in [3.05, 3.63) is 76.0 Å². The standard InChI is InChI=1S/C25H25N9O2/c35-23(34-6-5-19-21(13-34)30-33-29-19)11-22-31-32-24(36-22)16-7-17-12-26-25(28-20(17)10-16)27-18-8-14-3-1-2-4-15(14)9-18/h1-4,12,16,18H,5-11,13H2,(H,26,27,28)(H,29,30,33). The fourth-order valence-corrected chi connectivity index (χ4v) is 5.51. The Labute approximate surface area is 206 Å². The maximum atomic E-state index is 12.8. The average Bonchev–Trinajstić information content (AvgIpc) is 3.68. The number of carbonyl (C=O) groups is 1. The van der Waals surface area contributed by atoms with Gasteiger partial charge in [-0.1, -0.05) is 29.5 Å². The zero-order valence-electron chi connectivity index (χ0n) is 19.6. The van der Waals surface area contributed by atoms with Crippen LogP contribution >= 0.6 is 0 Å². The van der Waals surface area contributed by atoms with Crippen molar-refractivity contribution in [2.75, 3.05) is 11.9 Å². The molecule has 36 heavy (non-hydrogen) atoms. The molecule has 1 amide bonds. The molecule has 0 saturated carbocycles. The fourth-order valence-electron chi connectivity index (χ4n) is 5.51. The fraction of sp³-hybridized carbons (Fsp3) is 0.400. The molecular weight excluding hydrogens is 458 g/mol. The Morgan fingerprint density at radius 1 is 1.06 bits per heavy atom. The Morgan fingerprint density at radius 3 is 2.78 bits per heavy atom. The van der Waals surface area contributed by atoms with Gasteiger partial charge in [0.2, 0.25) is 23.6 Å². The SMILES string of the molecule is O=C(Cc1nnc(C2Cc3cnc(NC4Cc5ccccc5C4)nc3C2)o1)N1CCc2nn[nH]c2C1. The summed E-state index contributed by atoms with van der Waals surface area (Å²) in [7, 11) is 0. The minimum absolute atomic E-state index is 0.0456. The molecule has 2 N–H and O–H groups in total. The van der Waals surface area contributed by atoms with Crippen LogP contribution in [0.1, 0.15) is 51.5 Å². The molecule has 3 aliphatic rings. The number of rotatable bonds is 5. The van der Waals surface area contributed by atoms with E-state index in [4.69, 9.17) is 9.40 Å². The van der Waals surface area contributed by atoms with E-state index in [1.165, 1.54) is 11.1 Å². The van der Waals surface area contributed by atoms with Crippen LogP contribution in [0, 0.1) is 0 Å². The van der Waals surface area contributed by atoms with Gasteiger partial charge in [0.05, 0.1) is 17.9 Å². The molecule has 1 aromatic carbocycles. The highest BCUT2D eigenvalue weighted by Crippen LogP contribution is 2.33. The molecule has 1 atom stereocenters. The number of fused-ring (bicyclic) bond motifs is 3. The van der Waals surface area contributed by atoms with Crippen molar-refractivity contribution in [1.29, 1.82) is 0 Å². The molecule has 1 unspecified atom stereocenters. The number of hydrogen-bond donors (Lipinski definition) is 2. The smallest absolute Gasteiger partial charge is 0.232 e. The largest absolute Gasteiger partial charge is 0.424 e. The molecule has 11 heteroatoms. The number of carbonyl (C=O) groups excluding carboxylic acids is 1. The van der Waals surface area contributed by atoms with E-state index in [9.17, 15) is 4.79 Å². The number of nitrogens with one attached hydrogen (secondary N) is 2. The number of aromatic amines is 1. The van der Waals surface area contributed by atoms with Gasteiger partial charge in [-0.25, -0.2) is 9.97 Å². The molecular formula is C25H25N9O2. The van der Waals surface area contributed by atoms with Gasteiger partial charge in [-0.15, -0.1) is 15.3 Å². The molecule has 0 spiro atoms. The summed E-state index contributed by atoms with van der Waals surface area (Å²) >= 11 is 0. The summed E-state index contributed by atoms with van der Waals surface area (Å²) in [5, 5.41) is 22.6. The first-order valence-corrected chi connectivity index (χ1v) is 12.3. The summed E-state index contributed by atoms with van der Waals surface area (Å²) in [6, 6.07) is 8.87. The van der Waals surface area contributed by atoms with E-state index in [1.54, 1.807) is 4.90 Å². The van der Waals surface area contributed by atoms with Crippen molar-refractivity contribution in [2.24, 2.45) is 0 Å². The summed E-state index contributed by atoms with van der Waals surface area (Å²) < 4.78 is 5.92. The Hall–Kier alpha value is -4.15. The van der Waals surface area contributed by atoms with E-state index >= 15 is 0 Å². The maximum absolute atomic E-state index is 12.8. The lowest BCUT2D eigenvalue weighted by Crippen LogP contribution is -2.37. The van der Waals surface area contributed by atoms with Crippen molar-refractivity contribution in [2.45, 2.75) is 57.0 Å². The third-order valence-electron chi connectivity index (χ3n) is 7.40. The summed E-state index contributed by atoms with van der Waals surface area (Å²) in [6.07, 6.45) is 6.12. The molecule has 0 fully saturated rings. The van der Waals surface area contributed by atoms with E-state index < -0.39 is 0 Å². The number of amides is 1. The normalized spacial score (nSPS) is 18.7. The maximum Gasteiger partial charge on any atom is 0.232 e. The second-order valence-electron chi connectivity index (χ2n) is 9.80. The van der Waals surface area contributed by atoms with Crippen LogP contribution in [0.3, 0.4) is 0 Å². The summed E-state index contributed by atoms with van der Waals surface area (Å²) in [6.45, 7) is 1.08. The van der Waals surface area contributed by atoms with Gasteiger partial charge < -0.3 is 14.6 Å². The number of aromatic nitrogens is 7. The summed E-state index contributed by atoms with van der Waals surface area (Å²) in [5.74, 6) is 1.56. The van der Waals surface area contributed by atoms with E-state index in [-0.39, 0.29) is 18.2 Å². The van der Waals surface area contributed by atoms with Crippen LogP contribution in [-0.4, -0.2) is 59.0 Å². The summed E-state index contributed by atoms with van der Waals surface area (Å²) in [4.78, 5) is 23.9. The lowest BCUT2D eigenvalue weighted by molar-refractivity contribution is -0.131. The molecule has 1 aliphatic heterocycles. The van der Waals surface area contributed by atoms with Gasteiger partial charge in [-0.05, 0) is 36.0 Å². The van der Waals surface area contributed by atoms with Crippen molar-refractivity contribution in [3.8, 4) is 0 Å². The number of H-pyrrole nitrogens is 1. The number of nitrogens with zero attached hydrogens (tertiary/aromatic N) is 7. The van der Waals surface area contributed by atoms with Gasteiger partial charge in [0, 0.05) is 43.2 Å². The second-order valence-corrected chi connectivity index (χ2v) is 9.80. The van der Waals surface area contributed by atoms with E-state index in [0.29, 0.717) is 49.7 Å². The molecule has 182 valence electrons. The topological polar surface area (TPSA) is 139 Å². The molecule has 0 radical (unpaired) electrons. The number of benzene rings is 1. The van der Waals surface area contributed by atoms with Gasteiger partial charge in [0.1, 0.15) is 6.42 Å². The van der Waals surface area contributed by atoms with Gasteiger partial charge in [-0.3, -0.25) is 9.89 Å². The Morgan fingerprint density at radius 2 is 1.92 bits per heavy atom. The molecule has 0 saturated heterocycles. The first kappa shape index (κ1) is 21.2. The molecule has 7 rings (SSSR count). The summed E-state index contributed by atoms with van der Waals surface area (Å²) in [5.41, 5.74) is 6.72. The first-order valence-electron chi connectivity index (χ1n) is 12.3. The molecule has 4 aromatic rings. The highest BCUT2D eigenvalue weighted by atomic mass is 16.4. The van der Waals surface area contributed by atoms with Gasteiger partial charge >= 0.3 is 0 Å². The predicted octanol–water partition coefficient (Wildman–Crippen LogP) is 1.57. The van der Waals surface area contributed by atoms with Gasteiger partial charge in [0.25, 0.3) is 0 Å². The first-order chi connectivity index (χ1) is 17.7. The van der Waals surface area contributed by atoms with Crippen LogP contribution in [-0.2, 0) is 49.9 Å². The van der Waals surface area contributed by atoms with Crippen LogP contribution in [0.4, 0.5) is 5.95 Å². The van der Waals surface area contributed by atoms with Crippen LogP contribution in [0.5, 0.6) is 0 Å². The number of hydrogen-bond acceptors (Lipinski definition) is 9. The van der Waals surface area contributed by atoms with E-state index in [2.05, 4.69) is 60.2 Å². The molecule has 3 aromatic heterocycles. The Kier molecular flexibility index (Phi) is 5.00. The minimum atomic E-state index is -0.0456. The molecule has 0 bridgehead atoms. The minimum Gasteiger partial charge on any atom is -0.424 e. The average molecular weight is 484 g/mol. The van der Waals surface area contributed by atoms with Crippen molar-refractivity contribution >= 4 is 11.9 Å². The van der Waals surface area contributed by atoms with E-state index in [0.717, 1.165) is 41.9 Å². The zero-order chi connectivity index (χ0) is 24.1. The highest BCUT2D eigenvalue weighted by molar-refractivity contribution is 5.78. The van der Waals surface area contributed by atoms with Crippen LogP contribution in [0.25, 0.3) is 0 Å². The molecule has 2 aliphatic carbocycles. The van der Waals surface area contributed by atoms with Crippen molar-refractivity contribution in [3.63, 3.8) is 0 Å². The predicted molar refractivity (Wildman–Crippen MR) is 127 cm³/mol. The molecule has 11 nitrogen and oxygen atoms in total. The van der Waals surface area contributed by atoms with Crippen LogP contribution in [0.15, 0.2) is 34.9 Å². The Bertz CT molecular complexity index is 1420. The Balaban J connectivity index is 0.976. The lowest BCUT2D eigenvalue weighted by Gasteiger charge is -2.25. The lowest BCUT2D eigenvalue weighted by atomic mass is 10.1. The van der Waals surface area contributed by atoms with Gasteiger partial charge in [0.15, 0.2) is 0 Å². The molecule has 4 heterocycles. The van der Waals surface area contributed by atoms with Crippen molar-refractivity contribution in [1.82, 2.24) is 40.5 Å². The quantitative estimate of drug-likeness (QED) is 0.433. The van der Waals surface area contributed by atoms with Crippen LogP contribution in [0.2, 0.25) is 0 Å². The number of anilines is 1. The van der Waals surface area contributed by atoms with Gasteiger partial charge in [-0.2, -0.15) is 0 Å². The van der Waals surface area contributed by atoms with Crippen molar-refractivity contribution < 1.29 is 9.21 Å². The highest BCUT2D eigenvalue weighted by Gasteiger charge is 2.31. The monoisotopic (exact) mass is 483 g/mol. The van der Waals surface area contributed by atoms with Crippen LogP contribution < -0.4 is 5.32 Å². The third kappa shape index (κ3) is 3.90. The third-order valence-corrected chi connectivity index (χ3v) is 7.40. The van der Waals surface area contributed by atoms with E-state index in [1.807, 2.05) is 6.20 Å².